The Balaban J connectivity index is 4.16. The van der Waals surface area contributed by atoms with E-state index in [1.54, 1.807) is 0 Å². The molecule has 0 spiro atoms. The number of hydrogen-bond donors (Lipinski definition) is 0. The minimum atomic E-state index is 0.573. The first-order chi connectivity index (χ1) is 6.48. The van der Waals surface area contributed by atoms with Gasteiger partial charge in [0.15, 0.2) is 0 Å². The summed E-state index contributed by atoms with van der Waals surface area (Å²) in [6.07, 6.45) is 6.90. The molecular formula is C14H30. The van der Waals surface area contributed by atoms with Crippen molar-refractivity contribution >= 4 is 0 Å². The van der Waals surface area contributed by atoms with E-state index in [0.29, 0.717) is 5.41 Å². The molecule has 0 saturated heterocycles. The topological polar surface area (TPSA) is 0 Å². The van der Waals surface area contributed by atoms with Gasteiger partial charge in [0.25, 0.3) is 0 Å². The van der Waals surface area contributed by atoms with Gasteiger partial charge in [-0.25, -0.2) is 0 Å². The van der Waals surface area contributed by atoms with Gasteiger partial charge >= 0.3 is 0 Å². The minimum Gasteiger partial charge on any atom is -0.0654 e. The fraction of sp³-hybridized carbons (Fsp3) is 1.00. The third-order valence-electron chi connectivity index (χ3n) is 4.26. The smallest absolute Gasteiger partial charge is 0.0300 e. The van der Waals surface area contributed by atoms with Crippen LogP contribution in [0.2, 0.25) is 0 Å². The lowest BCUT2D eigenvalue weighted by Crippen LogP contribution is -2.28. The molecule has 0 aromatic carbocycles. The molecule has 0 aliphatic heterocycles. The predicted molar refractivity (Wildman–Crippen MR) is 66.5 cm³/mol. The lowest BCUT2D eigenvalue weighted by molar-refractivity contribution is 0.127. The molecule has 0 rings (SSSR count). The highest BCUT2D eigenvalue weighted by Gasteiger charge is 2.30. The zero-order valence-electron chi connectivity index (χ0n) is 11.2. The molecule has 0 saturated carbocycles. The van der Waals surface area contributed by atoms with Crippen molar-refractivity contribution in [2.45, 2.75) is 73.6 Å². The summed E-state index contributed by atoms with van der Waals surface area (Å²) in [7, 11) is 0. The van der Waals surface area contributed by atoms with Crippen LogP contribution >= 0.6 is 0 Å². The third-order valence-corrected chi connectivity index (χ3v) is 4.26. The van der Waals surface area contributed by atoms with E-state index in [1.165, 1.54) is 32.1 Å². The second-order valence-corrected chi connectivity index (χ2v) is 5.50. The van der Waals surface area contributed by atoms with Crippen LogP contribution < -0.4 is 0 Å². The van der Waals surface area contributed by atoms with E-state index in [0.717, 1.165) is 11.8 Å². The Morgan fingerprint density at radius 1 is 1.00 bits per heavy atom. The highest BCUT2D eigenvalue weighted by molar-refractivity contribution is 4.80. The summed E-state index contributed by atoms with van der Waals surface area (Å²) in [5, 5.41) is 0. The van der Waals surface area contributed by atoms with Crippen LogP contribution in [-0.2, 0) is 0 Å². The van der Waals surface area contributed by atoms with Crippen molar-refractivity contribution in [2.75, 3.05) is 0 Å². The van der Waals surface area contributed by atoms with Crippen LogP contribution in [0, 0.1) is 17.3 Å². The second-order valence-electron chi connectivity index (χ2n) is 5.50. The lowest BCUT2D eigenvalue weighted by Gasteiger charge is -2.37. The normalized spacial score (nSPS) is 18.2. The molecule has 2 unspecified atom stereocenters. The molecule has 86 valence electrons. The van der Waals surface area contributed by atoms with E-state index in [9.17, 15) is 0 Å². The minimum absolute atomic E-state index is 0.573. The van der Waals surface area contributed by atoms with E-state index in [1.807, 2.05) is 0 Å². The van der Waals surface area contributed by atoms with Crippen molar-refractivity contribution in [1.82, 2.24) is 0 Å². The summed E-state index contributed by atoms with van der Waals surface area (Å²) >= 11 is 0. The molecule has 0 aromatic heterocycles. The number of hydrogen-bond acceptors (Lipinski definition) is 0. The van der Waals surface area contributed by atoms with Gasteiger partial charge in [-0.1, -0.05) is 67.2 Å². The van der Waals surface area contributed by atoms with Crippen molar-refractivity contribution in [2.24, 2.45) is 17.3 Å². The SMILES string of the molecule is CCCCCC(C)(CC)C(C)C(C)C. The van der Waals surface area contributed by atoms with Gasteiger partial charge in [-0.3, -0.25) is 0 Å². The molecule has 0 heteroatoms. The maximum atomic E-state index is 2.48. The molecule has 0 N–H and O–H groups in total. The molecule has 0 aliphatic rings. The number of unbranched alkanes of at least 4 members (excludes halogenated alkanes) is 2. The van der Waals surface area contributed by atoms with Gasteiger partial charge in [-0.15, -0.1) is 0 Å². The van der Waals surface area contributed by atoms with E-state index >= 15 is 0 Å². The highest BCUT2D eigenvalue weighted by atomic mass is 14.4. The van der Waals surface area contributed by atoms with E-state index in [-0.39, 0.29) is 0 Å². The van der Waals surface area contributed by atoms with Crippen molar-refractivity contribution in [3.05, 3.63) is 0 Å². The maximum absolute atomic E-state index is 2.48. The molecule has 2 atom stereocenters. The predicted octanol–water partition coefficient (Wildman–Crippen LogP) is 5.28. The van der Waals surface area contributed by atoms with Gasteiger partial charge < -0.3 is 0 Å². The fourth-order valence-electron chi connectivity index (χ4n) is 2.31. The zero-order valence-corrected chi connectivity index (χ0v) is 11.2. The average Bonchev–Trinajstić information content (AvgIpc) is 2.16. The molecule has 0 aromatic rings. The van der Waals surface area contributed by atoms with Gasteiger partial charge in [-0.05, 0) is 23.7 Å². The molecule has 0 nitrogen and oxygen atoms in total. The van der Waals surface area contributed by atoms with Gasteiger partial charge in [-0.2, -0.15) is 0 Å². The summed E-state index contributed by atoms with van der Waals surface area (Å²) < 4.78 is 0. The van der Waals surface area contributed by atoms with Crippen molar-refractivity contribution in [3.63, 3.8) is 0 Å². The number of rotatable bonds is 7. The Kier molecular flexibility index (Phi) is 6.48. The fourth-order valence-corrected chi connectivity index (χ4v) is 2.31. The summed E-state index contributed by atoms with van der Waals surface area (Å²) in [5.41, 5.74) is 0.573. The molecule has 0 heterocycles. The molecule has 0 radical (unpaired) electrons. The summed E-state index contributed by atoms with van der Waals surface area (Å²) in [5.74, 6) is 1.67. The maximum Gasteiger partial charge on any atom is -0.0300 e. The van der Waals surface area contributed by atoms with Crippen LogP contribution in [0.5, 0.6) is 0 Å². The third kappa shape index (κ3) is 4.02. The first kappa shape index (κ1) is 14.0. The summed E-state index contributed by atoms with van der Waals surface area (Å²) in [4.78, 5) is 0. The molecular weight excluding hydrogens is 168 g/mol. The van der Waals surface area contributed by atoms with Crippen LogP contribution in [0.4, 0.5) is 0 Å². The van der Waals surface area contributed by atoms with Crippen molar-refractivity contribution in [1.29, 1.82) is 0 Å². The van der Waals surface area contributed by atoms with Crippen LogP contribution in [0.3, 0.4) is 0 Å². The Morgan fingerprint density at radius 2 is 1.57 bits per heavy atom. The quantitative estimate of drug-likeness (QED) is 0.488. The Labute approximate surface area is 91.5 Å². The van der Waals surface area contributed by atoms with Gasteiger partial charge in [0.1, 0.15) is 0 Å². The lowest BCUT2D eigenvalue weighted by atomic mass is 9.68. The van der Waals surface area contributed by atoms with E-state index < -0.39 is 0 Å². The molecule has 0 bridgehead atoms. The van der Waals surface area contributed by atoms with E-state index in [2.05, 4.69) is 41.5 Å². The van der Waals surface area contributed by atoms with Gasteiger partial charge in [0.05, 0.1) is 0 Å². The molecule has 0 aliphatic carbocycles. The zero-order chi connectivity index (χ0) is 11.2. The largest absolute Gasteiger partial charge is 0.0654 e. The Hall–Kier alpha value is 0. The van der Waals surface area contributed by atoms with Crippen LogP contribution in [-0.4, -0.2) is 0 Å². The van der Waals surface area contributed by atoms with E-state index in [4.69, 9.17) is 0 Å². The summed E-state index contributed by atoms with van der Waals surface area (Å²) in [6.45, 7) is 14.3. The summed E-state index contributed by atoms with van der Waals surface area (Å²) in [6, 6.07) is 0. The first-order valence-electron chi connectivity index (χ1n) is 6.48. The van der Waals surface area contributed by atoms with Gasteiger partial charge in [0, 0.05) is 0 Å². The monoisotopic (exact) mass is 198 g/mol. The van der Waals surface area contributed by atoms with Crippen LogP contribution in [0.1, 0.15) is 73.6 Å². The molecule has 14 heavy (non-hydrogen) atoms. The van der Waals surface area contributed by atoms with Gasteiger partial charge in [0.2, 0.25) is 0 Å². The second kappa shape index (κ2) is 6.48. The Morgan fingerprint density at radius 3 is 1.93 bits per heavy atom. The van der Waals surface area contributed by atoms with Crippen molar-refractivity contribution in [3.8, 4) is 0 Å². The molecule has 0 amide bonds. The van der Waals surface area contributed by atoms with Crippen LogP contribution in [0.15, 0.2) is 0 Å². The Bertz CT molecular complexity index is 137. The highest BCUT2D eigenvalue weighted by Crippen LogP contribution is 2.40. The standard InChI is InChI=1S/C14H30/c1-7-9-10-11-14(6,8-2)13(5)12(3)4/h12-13H,7-11H2,1-6H3. The average molecular weight is 198 g/mol. The van der Waals surface area contributed by atoms with Crippen molar-refractivity contribution < 1.29 is 0 Å². The first-order valence-corrected chi connectivity index (χ1v) is 6.48. The van der Waals surface area contributed by atoms with Crippen LogP contribution in [0.25, 0.3) is 0 Å². The molecule has 0 fully saturated rings.